The first-order valence-electron chi connectivity index (χ1n) is 7.97. The Morgan fingerprint density at radius 2 is 1.87 bits per heavy atom. The number of hydrogen-bond donors (Lipinski definition) is 1. The lowest BCUT2D eigenvalue weighted by Gasteiger charge is -2.35. The molecule has 1 aliphatic heterocycles. The molecule has 1 atom stereocenters. The highest BCUT2D eigenvalue weighted by Gasteiger charge is 2.29. The lowest BCUT2D eigenvalue weighted by atomic mass is 9.97. The van der Waals surface area contributed by atoms with Crippen molar-refractivity contribution in [2.45, 2.75) is 25.8 Å². The maximum absolute atomic E-state index is 11.6. The van der Waals surface area contributed by atoms with Gasteiger partial charge in [0.25, 0.3) is 5.69 Å². The summed E-state index contributed by atoms with van der Waals surface area (Å²) in [4.78, 5) is 13.5. The minimum absolute atomic E-state index is 0.0160. The van der Waals surface area contributed by atoms with E-state index in [9.17, 15) is 10.1 Å². The smallest absolute Gasteiger partial charge is 0.278 e. The molecule has 7 heteroatoms. The van der Waals surface area contributed by atoms with Gasteiger partial charge in [0.2, 0.25) is 0 Å². The molecule has 128 valence electrons. The standard InChI is InChI=1S/C16H25N3O4/c1-4-5-13(18-8-6-17-7-9-18)12-10-15(22-2)16(23-3)11-14(12)19(20)21/h10-11,13,17H,4-9H2,1-3H3/t13-/m1/s1. The minimum Gasteiger partial charge on any atom is -0.493 e. The molecule has 1 fully saturated rings. The molecule has 0 unspecified atom stereocenters. The van der Waals surface area contributed by atoms with Gasteiger partial charge in [0.1, 0.15) is 0 Å². The van der Waals surface area contributed by atoms with Crippen molar-refractivity contribution in [3.05, 3.63) is 27.8 Å². The van der Waals surface area contributed by atoms with Crippen LogP contribution < -0.4 is 14.8 Å². The van der Waals surface area contributed by atoms with Crippen LogP contribution in [-0.2, 0) is 0 Å². The summed E-state index contributed by atoms with van der Waals surface area (Å²) in [6, 6.07) is 3.25. The lowest BCUT2D eigenvalue weighted by Crippen LogP contribution is -2.45. The van der Waals surface area contributed by atoms with Crippen molar-refractivity contribution in [1.29, 1.82) is 0 Å². The van der Waals surface area contributed by atoms with E-state index >= 15 is 0 Å². The normalized spacial score (nSPS) is 16.8. The molecule has 0 spiro atoms. The van der Waals surface area contributed by atoms with E-state index in [1.807, 2.05) is 0 Å². The predicted octanol–water partition coefficient (Wildman–Crippen LogP) is 2.36. The summed E-state index contributed by atoms with van der Waals surface area (Å²) in [5.41, 5.74) is 0.802. The van der Waals surface area contributed by atoms with E-state index in [0.717, 1.165) is 39.0 Å². The number of methoxy groups -OCH3 is 2. The number of ether oxygens (including phenoxy) is 2. The Morgan fingerprint density at radius 3 is 2.39 bits per heavy atom. The number of rotatable bonds is 7. The fourth-order valence-corrected chi connectivity index (χ4v) is 3.11. The summed E-state index contributed by atoms with van der Waals surface area (Å²) in [6.45, 7) is 5.68. The second kappa shape index (κ2) is 8.12. The maximum Gasteiger partial charge on any atom is 0.278 e. The third kappa shape index (κ3) is 3.92. The molecule has 1 aliphatic rings. The van der Waals surface area contributed by atoms with Gasteiger partial charge >= 0.3 is 0 Å². The SMILES string of the molecule is CCC[C@H](c1cc(OC)c(OC)cc1[N+](=O)[O-])N1CCNCC1. The van der Waals surface area contributed by atoms with Crippen molar-refractivity contribution in [1.82, 2.24) is 10.2 Å². The van der Waals surface area contributed by atoms with E-state index in [-0.39, 0.29) is 16.7 Å². The molecule has 0 aromatic heterocycles. The number of hydrogen-bond acceptors (Lipinski definition) is 6. The molecule has 1 saturated heterocycles. The Balaban J connectivity index is 2.48. The van der Waals surface area contributed by atoms with Gasteiger partial charge in [-0.25, -0.2) is 0 Å². The predicted molar refractivity (Wildman–Crippen MR) is 88.3 cm³/mol. The summed E-state index contributed by atoms with van der Waals surface area (Å²) in [5.74, 6) is 0.919. The van der Waals surface area contributed by atoms with Crippen LogP contribution in [0.1, 0.15) is 31.4 Å². The van der Waals surface area contributed by atoms with Gasteiger partial charge < -0.3 is 14.8 Å². The first-order chi connectivity index (χ1) is 11.1. The Kier molecular flexibility index (Phi) is 6.18. The first kappa shape index (κ1) is 17.5. The number of nitro groups is 1. The van der Waals surface area contributed by atoms with E-state index in [1.165, 1.54) is 13.2 Å². The fourth-order valence-electron chi connectivity index (χ4n) is 3.11. The van der Waals surface area contributed by atoms with E-state index in [1.54, 1.807) is 13.2 Å². The molecule has 1 heterocycles. The minimum atomic E-state index is -0.331. The summed E-state index contributed by atoms with van der Waals surface area (Å²) in [5, 5.41) is 14.9. The molecule has 23 heavy (non-hydrogen) atoms. The Morgan fingerprint density at radius 1 is 1.26 bits per heavy atom. The molecule has 0 saturated carbocycles. The Hall–Kier alpha value is -1.86. The van der Waals surface area contributed by atoms with Gasteiger partial charge in [0.15, 0.2) is 11.5 Å². The molecule has 1 N–H and O–H groups in total. The monoisotopic (exact) mass is 323 g/mol. The average Bonchev–Trinajstić information content (AvgIpc) is 2.59. The maximum atomic E-state index is 11.6. The molecule has 0 amide bonds. The molecular weight excluding hydrogens is 298 g/mol. The summed E-state index contributed by atoms with van der Waals surface area (Å²) >= 11 is 0. The number of nitro benzene ring substituents is 1. The highest BCUT2D eigenvalue weighted by Crippen LogP contribution is 2.40. The van der Waals surface area contributed by atoms with E-state index in [4.69, 9.17) is 9.47 Å². The van der Waals surface area contributed by atoms with Gasteiger partial charge in [0, 0.05) is 32.2 Å². The summed E-state index contributed by atoms with van der Waals surface area (Å²) in [7, 11) is 3.04. The molecule has 0 aliphatic carbocycles. The molecule has 7 nitrogen and oxygen atoms in total. The van der Waals surface area contributed by atoms with Gasteiger partial charge in [-0.2, -0.15) is 0 Å². The summed E-state index contributed by atoms with van der Waals surface area (Å²) < 4.78 is 10.6. The fraction of sp³-hybridized carbons (Fsp3) is 0.625. The number of nitrogens with zero attached hydrogens (tertiary/aromatic N) is 2. The number of benzene rings is 1. The van der Waals surface area contributed by atoms with Crippen LogP contribution in [0.4, 0.5) is 5.69 Å². The van der Waals surface area contributed by atoms with Crippen LogP contribution in [0.2, 0.25) is 0 Å². The highest BCUT2D eigenvalue weighted by atomic mass is 16.6. The van der Waals surface area contributed by atoms with Crippen molar-refractivity contribution >= 4 is 5.69 Å². The molecule has 1 aromatic rings. The average molecular weight is 323 g/mol. The van der Waals surface area contributed by atoms with Crippen LogP contribution >= 0.6 is 0 Å². The van der Waals surface area contributed by atoms with Gasteiger partial charge in [-0.15, -0.1) is 0 Å². The summed E-state index contributed by atoms with van der Waals surface area (Å²) in [6.07, 6.45) is 1.83. The van der Waals surface area contributed by atoms with Crippen molar-refractivity contribution in [3.63, 3.8) is 0 Å². The van der Waals surface area contributed by atoms with Crippen LogP contribution in [0.5, 0.6) is 11.5 Å². The van der Waals surface area contributed by atoms with E-state index in [0.29, 0.717) is 17.1 Å². The molecule has 0 radical (unpaired) electrons. The lowest BCUT2D eigenvalue weighted by molar-refractivity contribution is -0.386. The molecular formula is C16H25N3O4. The third-order valence-corrected chi connectivity index (χ3v) is 4.24. The highest BCUT2D eigenvalue weighted by molar-refractivity contribution is 5.55. The molecule has 2 rings (SSSR count). The first-order valence-corrected chi connectivity index (χ1v) is 7.97. The second-order valence-corrected chi connectivity index (χ2v) is 5.61. The van der Waals surface area contributed by atoms with E-state index < -0.39 is 0 Å². The van der Waals surface area contributed by atoms with Crippen LogP contribution in [-0.4, -0.2) is 50.2 Å². The largest absolute Gasteiger partial charge is 0.493 e. The van der Waals surface area contributed by atoms with Crippen LogP contribution in [0, 0.1) is 10.1 Å². The van der Waals surface area contributed by atoms with Crippen molar-refractivity contribution in [2.24, 2.45) is 0 Å². The van der Waals surface area contributed by atoms with Crippen LogP contribution in [0.3, 0.4) is 0 Å². The third-order valence-electron chi connectivity index (χ3n) is 4.24. The van der Waals surface area contributed by atoms with E-state index in [2.05, 4.69) is 17.1 Å². The topological polar surface area (TPSA) is 76.9 Å². The Labute approximate surface area is 136 Å². The number of piperazine rings is 1. The van der Waals surface area contributed by atoms with Crippen LogP contribution in [0.15, 0.2) is 12.1 Å². The number of nitrogens with one attached hydrogen (secondary N) is 1. The zero-order chi connectivity index (χ0) is 16.8. The van der Waals surface area contributed by atoms with Gasteiger partial charge in [-0.05, 0) is 12.5 Å². The van der Waals surface area contributed by atoms with Crippen molar-refractivity contribution in [2.75, 3.05) is 40.4 Å². The zero-order valence-corrected chi connectivity index (χ0v) is 14.0. The van der Waals surface area contributed by atoms with Crippen LogP contribution in [0.25, 0.3) is 0 Å². The second-order valence-electron chi connectivity index (χ2n) is 5.61. The van der Waals surface area contributed by atoms with Gasteiger partial charge in [-0.1, -0.05) is 13.3 Å². The van der Waals surface area contributed by atoms with Crippen molar-refractivity contribution < 1.29 is 14.4 Å². The van der Waals surface area contributed by atoms with Gasteiger partial charge in [0.05, 0.1) is 30.8 Å². The zero-order valence-electron chi connectivity index (χ0n) is 14.0. The molecule has 1 aromatic carbocycles. The van der Waals surface area contributed by atoms with Crippen molar-refractivity contribution in [3.8, 4) is 11.5 Å². The Bertz CT molecular complexity index is 544. The quantitative estimate of drug-likeness (QED) is 0.613. The molecule has 0 bridgehead atoms. The van der Waals surface area contributed by atoms with Gasteiger partial charge in [-0.3, -0.25) is 15.0 Å².